The number of urea groups is 1. The third-order valence-electron chi connectivity index (χ3n) is 3.52. The highest BCUT2D eigenvalue weighted by molar-refractivity contribution is 5.90. The van der Waals surface area contributed by atoms with Crippen LogP contribution in [0.15, 0.2) is 48.5 Å². The minimum atomic E-state index is -0.312. The van der Waals surface area contributed by atoms with E-state index in [1.54, 1.807) is 0 Å². The molecule has 2 aromatic carbocycles. The summed E-state index contributed by atoms with van der Waals surface area (Å²) in [6.07, 6.45) is 0.595. The highest BCUT2D eigenvalue weighted by atomic mass is 16.3. The highest BCUT2D eigenvalue weighted by Crippen LogP contribution is 2.16. The summed E-state index contributed by atoms with van der Waals surface area (Å²) in [5.74, 6) is 0. The fraction of sp³-hybridized carbons (Fsp3) is 0.278. The molecule has 2 amide bonds. The van der Waals surface area contributed by atoms with Crippen molar-refractivity contribution in [1.29, 1.82) is 0 Å². The lowest BCUT2D eigenvalue weighted by Crippen LogP contribution is -2.41. The van der Waals surface area contributed by atoms with Crippen LogP contribution in [0.5, 0.6) is 0 Å². The molecule has 1 atom stereocenters. The standard InChI is InChI=1S/C18H22N2O2/c1-13-8-9-14(2)17(10-13)20-18(22)19-16(12-21)11-15-6-4-3-5-7-15/h3-10,16,21H,11-12H2,1-2H3,(H2,19,20,22). The second-order valence-corrected chi connectivity index (χ2v) is 5.49. The molecular weight excluding hydrogens is 276 g/mol. The van der Waals surface area contributed by atoms with Crippen molar-refractivity contribution in [2.24, 2.45) is 0 Å². The first-order valence-corrected chi connectivity index (χ1v) is 7.38. The third kappa shape index (κ3) is 4.60. The summed E-state index contributed by atoms with van der Waals surface area (Å²) in [7, 11) is 0. The fourth-order valence-electron chi connectivity index (χ4n) is 2.27. The van der Waals surface area contributed by atoms with E-state index < -0.39 is 0 Å². The first kappa shape index (κ1) is 16.0. The highest BCUT2D eigenvalue weighted by Gasteiger charge is 2.12. The van der Waals surface area contributed by atoms with Crippen molar-refractivity contribution in [2.45, 2.75) is 26.3 Å². The molecule has 1 unspecified atom stereocenters. The second kappa shape index (κ2) is 7.61. The van der Waals surface area contributed by atoms with E-state index in [-0.39, 0.29) is 18.7 Å². The van der Waals surface area contributed by atoms with E-state index in [0.717, 1.165) is 22.4 Å². The molecule has 0 aliphatic carbocycles. The molecule has 116 valence electrons. The largest absolute Gasteiger partial charge is 0.394 e. The zero-order valence-electron chi connectivity index (χ0n) is 13.0. The van der Waals surface area contributed by atoms with Gasteiger partial charge in [-0.15, -0.1) is 0 Å². The van der Waals surface area contributed by atoms with Gasteiger partial charge in [0.1, 0.15) is 0 Å². The van der Waals surface area contributed by atoms with E-state index in [1.165, 1.54) is 0 Å². The molecule has 0 saturated heterocycles. The lowest BCUT2D eigenvalue weighted by molar-refractivity contribution is 0.224. The Balaban J connectivity index is 1.96. The molecule has 0 bridgehead atoms. The molecule has 3 N–H and O–H groups in total. The van der Waals surface area contributed by atoms with E-state index >= 15 is 0 Å². The average Bonchev–Trinajstić information content (AvgIpc) is 2.51. The zero-order valence-corrected chi connectivity index (χ0v) is 13.0. The summed E-state index contributed by atoms with van der Waals surface area (Å²) >= 11 is 0. The van der Waals surface area contributed by atoms with Crippen molar-refractivity contribution < 1.29 is 9.90 Å². The maximum absolute atomic E-state index is 12.1. The number of amides is 2. The van der Waals surface area contributed by atoms with Gasteiger partial charge in [0.25, 0.3) is 0 Å². The quantitative estimate of drug-likeness (QED) is 0.794. The molecule has 2 rings (SSSR count). The number of anilines is 1. The lowest BCUT2D eigenvalue weighted by Gasteiger charge is -2.18. The van der Waals surface area contributed by atoms with Gasteiger partial charge in [0, 0.05) is 5.69 Å². The molecule has 22 heavy (non-hydrogen) atoms. The predicted octanol–water partition coefficient (Wildman–Crippen LogP) is 3.03. The zero-order chi connectivity index (χ0) is 15.9. The average molecular weight is 298 g/mol. The Bertz CT molecular complexity index is 626. The van der Waals surface area contributed by atoms with Crippen molar-refractivity contribution in [2.75, 3.05) is 11.9 Å². The SMILES string of the molecule is Cc1ccc(C)c(NC(=O)NC(CO)Cc2ccccc2)c1. The maximum Gasteiger partial charge on any atom is 0.319 e. The molecule has 0 fully saturated rings. The van der Waals surface area contributed by atoms with Crippen LogP contribution < -0.4 is 10.6 Å². The van der Waals surface area contributed by atoms with E-state index in [1.807, 2.05) is 62.4 Å². The van der Waals surface area contributed by atoms with Gasteiger partial charge in [0.15, 0.2) is 0 Å². The van der Waals surface area contributed by atoms with Crippen LogP contribution >= 0.6 is 0 Å². The van der Waals surface area contributed by atoms with Crippen LogP contribution in [0.4, 0.5) is 10.5 Å². The Morgan fingerprint density at radius 3 is 2.55 bits per heavy atom. The van der Waals surface area contributed by atoms with Crippen LogP contribution in [0, 0.1) is 13.8 Å². The summed E-state index contributed by atoms with van der Waals surface area (Å²) in [4.78, 5) is 12.1. The minimum Gasteiger partial charge on any atom is -0.394 e. The van der Waals surface area contributed by atoms with Gasteiger partial charge in [-0.2, -0.15) is 0 Å². The van der Waals surface area contributed by atoms with Crippen LogP contribution in [0.2, 0.25) is 0 Å². The lowest BCUT2D eigenvalue weighted by atomic mass is 10.1. The Kier molecular flexibility index (Phi) is 5.55. The van der Waals surface area contributed by atoms with Crippen LogP contribution in [-0.4, -0.2) is 23.8 Å². The Hall–Kier alpha value is -2.33. The van der Waals surface area contributed by atoms with Crippen molar-refractivity contribution in [3.05, 3.63) is 65.2 Å². The Labute approximate surface area is 131 Å². The van der Waals surface area contributed by atoms with Gasteiger partial charge in [-0.05, 0) is 43.0 Å². The maximum atomic E-state index is 12.1. The second-order valence-electron chi connectivity index (χ2n) is 5.49. The Morgan fingerprint density at radius 2 is 1.86 bits per heavy atom. The molecule has 4 nitrogen and oxygen atoms in total. The molecular formula is C18H22N2O2. The summed E-state index contributed by atoms with van der Waals surface area (Å²) in [5.41, 5.74) is 3.95. The number of hydrogen-bond acceptors (Lipinski definition) is 2. The van der Waals surface area contributed by atoms with Crippen molar-refractivity contribution in [3.63, 3.8) is 0 Å². The van der Waals surface area contributed by atoms with Gasteiger partial charge in [0.05, 0.1) is 12.6 Å². The number of carbonyl (C=O) groups excluding carboxylic acids is 1. The van der Waals surface area contributed by atoms with Gasteiger partial charge >= 0.3 is 6.03 Å². The van der Waals surface area contributed by atoms with Crippen molar-refractivity contribution >= 4 is 11.7 Å². The number of aliphatic hydroxyl groups excluding tert-OH is 1. The van der Waals surface area contributed by atoms with Gasteiger partial charge in [-0.25, -0.2) is 4.79 Å². The topological polar surface area (TPSA) is 61.4 Å². The van der Waals surface area contributed by atoms with Crippen molar-refractivity contribution in [3.8, 4) is 0 Å². The Morgan fingerprint density at radius 1 is 1.14 bits per heavy atom. The number of hydrogen-bond donors (Lipinski definition) is 3. The smallest absolute Gasteiger partial charge is 0.319 e. The summed E-state index contributed by atoms with van der Waals surface area (Å²) in [6, 6.07) is 15.1. The van der Waals surface area contributed by atoms with Crippen LogP contribution in [-0.2, 0) is 6.42 Å². The predicted molar refractivity (Wildman–Crippen MR) is 89.1 cm³/mol. The normalized spacial score (nSPS) is 11.8. The van der Waals surface area contributed by atoms with Gasteiger partial charge in [0.2, 0.25) is 0 Å². The third-order valence-corrected chi connectivity index (χ3v) is 3.52. The molecule has 0 aromatic heterocycles. The number of carbonyl (C=O) groups is 1. The van der Waals surface area contributed by atoms with E-state index in [9.17, 15) is 9.90 Å². The van der Waals surface area contributed by atoms with Gasteiger partial charge in [-0.1, -0.05) is 42.5 Å². The molecule has 0 aliphatic heterocycles. The molecule has 4 heteroatoms. The number of aliphatic hydroxyl groups is 1. The van der Waals surface area contributed by atoms with Crippen LogP contribution in [0.1, 0.15) is 16.7 Å². The minimum absolute atomic E-state index is 0.102. The van der Waals surface area contributed by atoms with E-state index in [2.05, 4.69) is 10.6 Å². The fourth-order valence-corrected chi connectivity index (χ4v) is 2.27. The van der Waals surface area contributed by atoms with Gasteiger partial charge in [-0.3, -0.25) is 0 Å². The summed E-state index contributed by atoms with van der Waals surface area (Å²) < 4.78 is 0. The van der Waals surface area contributed by atoms with Crippen LogP contribution in [0.25, 0.3) is 0 Å². The molecule has 2 aromatic rings. The number of benzene rings is 2. The molecule has 0 saturated carbocycles. The summed E-state index contributed by atoms with van der Waals surface area (Å²) in [5, 5.41) is 15.1. The van der Waals surface area contributed by atoms with Crippen LogP contribution in [0.3, 0.4) is 0 Å². The number of nitrogens with one attached hydrogen (secondary N) is 2. The van der Waals surface area contributed by atoms with E-state index in [0.29, 0.717) is 6.42 Å². The first-order chi connectivity index (χ1) is 10.6. The monoisotopic (exact) mass is 298 g/mol. The van der Waals surface area contributed by atoms with Gasteiger partial charge < -0.3 is 15.7 Å². The van der Waals surface area contributed by atoms with E-state index in [4.69, 9.17) is 0 Å². The molecule has 0 radical (unpaired) electrons. The van der Waals surface area contributed by atoms with Crippen molar-refractivity contribution in [1.82, 2.24) is 5.32 Å². The number of rotatable bonds is 5. The molecule has 0 heterocycles. The number of aryl methyl sites for hydroxylation is 2. The first-order valence-electron chi connectivity index (χ1n) is 7.38. The summed E-state index contributed by atoms with van der Waals surface area (Å²) in [6.45, 7) is 3.83. The molecule has 0 aliphatic rings. The molecule has 0 spiro atoms.